The number of rotatable bonds is 6. The lowest BCUT2D eigenvalue weighted by Crippen LogP contribution is -2.34. The maximum Gasteiger partial charge on any atom is 0.407 e. The molecule has 0 saturated carbocycles. The number of amides is 2. The quantitative estimate of drug-likeness (QED) is 0.633. The number of sulfonamides is 1. The smallest absolute Gasteiger partial charge is 0.407 e. The first-order chi connectivity index (χ1) is 12.1. The van der Waals surface area contributed by atoms with E-state index in [1.165, 1.54) is 18.2 Å². The molecule has 1 heterocycles. The minimum absolute atomic E-state index is 0.0159. The lowest BCUT2D eigenvalue weighted by Gasteiger charge is -2.19. The van der Waals surface area contributed by atoms with Crippen LogP contribution in [0, 0.1) is 0 Å². The molecule has 1 aliphatic rings. The molecular formula is C16H23N3O6S. The third-order valence-electron chi connectivity index (χ3n) is 3.21. The van der Waals surface area contributed by atoms with E-state index in [0.29, 0.717) is 17.9 Å². The molecule has 0 fully saturated rings. The Hall–Kier alpha value is -2.33. The fourth-order valence-electron chi connectivity index (χ4n) is 2.11. The number of carbonyl (C=O) groups excluding carboxylic acids is 2. The van der Waals surface area contributed by atoms with E-state index < -0.39 is 21.7 Å². The Labute approximate surface area is 152 Å². The van der Waals surface area contributed by atoms with Gasteiger partial charge >= 0.3 is 6.09 Å². The molecule has 0 spiro atoms. The van der Waals surface area contributed by atoms with Crippen molar-refractivity contribution in [1.29, 1.82) is 0 Å². The molecule has 0 aromatic heterocycles. The number of benzene rings is 1. The van der Waals surface area contributed by atoms with Gasteiger partial charge in [-0.2, -0.15) is 0 Å². The van der Waals surface area contributed by atoms with Crippen LogP contribution in [-0.4, -0.2) is 45.7 Å². The molecule has 3 N–H and O–H groups in total. The zero-order valence-electron chi connectivity index (χ0n) is 14.9. The summed E-state index contributed by atoms with van der Waals surface area (Å²) in [7, 11) is -3.74. The summed E-state index contributed by atoms with van der Waals surface area (Å²) in [6, 6.07) is 4.23. The average Bonchev–Trinajstić information content (AvgIpc) is 2.52. The number of nitrogens with one attached hydrogen (secondary N) is 3. The topological polar surface area (TPSA) is 123 Å². The maximum absolute atomic E-state index is 12.3. The lowest BCUT2D eigenvalue weighted by molar-refractivity contribution is -0.118. The molecule has 0 aliphatic carbocycles. The van der Waals surface area contributed by atoms with Crippen LogP contribution in [-0.2, 0) is 19.6 Å². The van der Waals surface area contributed by atoms with E-state index in [1.807, 2.05) is 0 Å². The lowest BCUT2D eigenvalue weighted by atomic mass is 10.2. The van der Waals surface area contributed by atoms with E-state index in [-0.39, 0.29) is 30.5 Å². The second kappa shape index (κ2) is 7.92. The first kappa shape index (κ1) is 20.0. The van der Waals surface area contributed by atoms with Crippen LogP contribution in [0.1, 0.15) is 27.2 Å². The molecule has 9 nitrogen and oxygen atoms in total. The van der Waals surface area contributed by atoms with Crippen LogP contribution in [0.15, 0.2) is 23.1 Å². The summed E-state index contributed by atoms with van der Waals surface area (Å²) in [6.45, 7) is 5.58. The van der Waals surface area contributed by atoms with Gasteiger partial charge < -0.3 is 20.1 Å². The molecular weight excluding hydrogens is 362 g/mol. The third kappa shape index (κ3) is 5.88. The summed E-state index contributed by atoms with van der Waals surface area (Å²) >= 11 is 0. The van der Waals surface area contributed by atoms with Gasteiger partial charge in [0.25, 0.3) is 5.91 Å². The Bertz CT molecular complexity index is 786. The van der Waals surface area contributed by atoms with E-state index in [1.54, 1.807) is 20.8 Å². The molecule has 1 aromatic rings. The molecule has 0 saturated heterocycles. The average molecular weight is 385 g/mol. The van der Waals surface area contributed by atoms with Gasteiger partial charge in [-0.3, -0.25) is 4.79 Å². The van der Waals surface area contributed by atoms with Gasteiger partial charge in [0.05, 0.1) is 10.6 Å². The molecule has 0 atom stereocenters. The fourth-order valence-corrected chi connectivity index (χ4v) is 3.21. The van der Waals surface area contributed by atoms with Gasteiger partial charge in [-0.1, -0.05) is 0 Å². The predicted molar refractivity (Wildman–Crippen MR) is 94.6 cm³/mol. The van der Waals surface area contributed by atoms with Crippen molar-refractivity contribution in [2.75, 3.05) is 25.0 Å². The van der Waals surface area contributed by atoms with Crippen molar-refractivity contribution in [3.8, 4) is 5.75 Å². The Morgan fingerprint density at radius 2 is 2.04 bits per heavy atom. The zero-order chi connectivity index (χ0) is 19.4. The predicted octanol–water partition coefficient (Wildman–Crippen LogP) is 1.21. The molecule has 144 valence electrons. The van der Waals surface area contributed by atoms with E-state index >= 15 is 0 Å². The van der Waals surface area contributed by atoms with E-state index in [9.17, 15) is 18.0 Å². The van der Waals surface area contributed by atoms with Gasteiger partial charge in [-0.25, -0.2) is 17.9 Å². The Balaban J connectivity index is 1.83. The molecule has 1 aromatic carbocycles. The third-order valence-corrected chi connectivity index (χ3v) is 4.67. The zero-order valence-corrected chi connectivity index (χ0v) is 15.7. The van der Waals surface area contributed by atoms with Crippen LogP contribution in [0.2, 0.25) is 0 Å². The van der Waals surface area contributed by atoms with Crippen molar-refractivity contribution >= 4 is 27.7 Å². The molecule has 0 bridgehead atoms. The SMILES string of the molecule is CC(C)(C)OC(=O)NCCCNS(=O)(=O)c1ccc2c(c1)NC(=O)CO2. The second-order valence-electron chi connectivity index (χ2n) is 6.67. The highest BCUT2D eigenvalue weighted by Gasteiger charge is 2.21. The van der Waals surface area contributed by atoms with Gasteiger partial charge in [-0.05, 0) is 45.4 Å². The molecule has 1 aliphatic heterocycles. The van der Waals surface area contributed by atoms with Crippen LogP contribution in [0.3, 0.4) is 0 Å². The standard InChI is InChI=1S/C16H23N3O6S/c1-16(2,3)25-15(21)17-7-4-8-18-26(22,23)11-5-6-13-12(9-11)19-14(20)10-24-13/h5-6,9,18H,4,7-8,10H2,1-3H3,(H,17,21)(H,19,20). The molecule has 0 unspecified atom stereocenters. The van der Waals surface area contributed by atoms with Gasteiger partial charge in [0.2, 0.25) is 10.0 Å². The normalized spacial score (nSPS) is 14.0. The van der Waals surface area contributed by atoms with Crippen molar-refractivity contribution < 1.29 is 27.5 Å². The first-order valence-electron chi connectivity index (χ1n) is 8.10. The Morgan fingerprint density at radius 3 is 2.73 bits per heavy atom. The Morgan fingerprint density at radius 1 is 1.31 bits per heavy atom. The highest BCUT2D eigenvalue weighted by molar-refractivity contribution is 7.89. The summed E-state index contributed by atoms with van der Waals surface area (Å²) in [5.41, 5.74) is -0.271. The minimum atomic E-state index is -3.74. The molecule has 2 rings (SSSR count). The number of carbonyl (C=O) groups is 2. The number of alkyl carbamates (subject to hydrolysis) is 1. The number of hydrogen-bond acceptors (Lipinski definition) is 6. The first-order valence-corrected chi connectivity index (χ1v) is 9.58. The number of ether oxygens (including phenoxy) is 2. The minimum Gasteiger partial charge on any atom is -0.482 e. The second-order valence-corrected chi connectivity index (χ2v) is 8.44. The molecule has 26 heavy (non-hydrogen) atoms. The van der Waals surface area contributed by atoms with Crippen LogP contribution < -0.4 is 20.1 Å². The molecule has 0 radical (unpaired) electrons. The number of hydrogen-bond donors (Lipinski definition) is 3. The molecule has 10 heteroatoms. The number of anilines is 1. The van der Waals surface area contributed by atoms with E-state index in [0.717, 1.165) is 0 Å². The summed E-state index contributed by atoms with van der Waals surface area (Å²) in [4.78, 5) is 22.8. The van der Waals surface area contributed by atoms with Gasteiger partial charge in [0.1, 0.15) is 11.4 Å². The van der Waals surface area contributed by atoms with Crippen molar-refractivity contribution in [3.05, 3.63) is 18.2 Å². The van der Waals surface area contributed by atoms with Gasteiger partial charge in [0, 0.05) is 13.1 Å². The van der Waals surface area contributed by atoms with E-state index in [2.05, 4.69) is 15.4 Å². The summed E-state index contributed by atoms with van der Waals surface area (Å²) in [6.07, 6.45) is -0.158. The van der Waals surface area contributed by atoms with Crippen molar-refractivity contribution in [2.24, 2.45) is 0 Å². The van der Waals surface area contributed by atoms with Crippen LogP contribution in [0.4, 0.5) is 10.5 Å². The van der Waals surface area contributed by atoms with Gasteiger partial charge in [-0.15, -0.1) is 0 Å². The monoisotopic (exact) mass is 385 g/mol. The van der Waals surface area contributed by atoms with Crippen molar-refractivity contribution in [1.82, 2.24) is 10.0 Å². The van der Waals surface area contributed by atoms with Crippen molar-refractivity contribution in [3.63, 3.8) is 0 Å². The van der Waals surface area contributed by atoms with Crippen LogP contribution in [0.5, 0.6) is 5.75 Å². The van der Waals surface area contributed by atoms with Crippen molar-refractivity contribution in [2.45, 2.75) is 37.7 Å². The summed E-state index contributed by atoms with van der Waals surface area (Å²) in [5.74, 6) is 0.0818. The summed E-state index contributed by atoms with van der Waals surface area (Å²) in [5, 5.41) is 5.11. The van der Waals surface area contributed by atoms with Crippen LogP contribution >= 0.6 is 0 Å². The maximum atomic E-state index is 12.3. The fraction of sp³-hybridized carbons (Fsp3) is 0.500. The van der Waals surface area contributed by atoms with Gasteiger partial charge in [0.15, 0.2) is 6.61 Å². The highest BCUT2D eigenvalue weighted by atomic mass is 32.2. The largest absolute Gasteiger partial charge is 0.482 e. The van der Waals surface area contributed by atoms with E-state index in [4.69, 9.17) is 9.47 Å². The number of fused-ring (bicyclic) bond motifs is 1. The molecule has 2 amide bonds. The highest BCUT2D eigenvalue weighted by Crippen LogP contribution is 2.29. The summed E-state index contributed by atoms with van der Waals surface area (Å²) < 4.78 is 37.3. The van der Waals surface area contributed by atoms with Crippen LogP contribution in [0.25, 0.3) is 0 Å². The Kier molecular flexibility index (Phi) is 6.09.